The van der Waals surface area contributed by atoms with Crippen LogP contribution in [0, 0.1) is 11.8 Å². The minimum Gasteiger partial charge on any atom is -0.459 e. The number of hydrogen-bond acceptors (Lipinski definition) is 2. The third-order valence-electron chi connectivity index (χ3n) is 3.04. The molecule has 0 saturated carbocycles. The number of nitrogens with one attached hydrogen (secondary N) is 1. The lowest BCUT2D eigenvalue weighted by Crippen LogP contribution is -2.11. The molecule has 1 aromatic heterocycles. The van der Waals surface area contributed by atoms with Crippen molar-refractivity contribution in [3.05, 3.63) is 89.9 Å². The first-order chi connectivity index (χ1) is 10.8. The number of carbonyl (C=O) groups excluding carboxylic acids is 1. The number of amides is 1. The smallest absolute Gasteiger partial charge is 0.291 e. The molecule has 3 heteroatoms. The molecule has 0 radical (unpaired) electrons. The Labute approximate surface area is 128 Å². The maximum Gasteiger partial charge on any atom is 0.291 e. The zero-order valence-corrected chi connectivity index (χ0v) is 11.7. The van der Waals surface area contributed by atoms with Crippen LogP contribution in [-0.2, 0) is 0 Å². The SMILES string of the molecule is O=C(Nc1ccccc1C#Cc1ccccc1)c1ccco1. The van der Waals surface area contributed by atoms with Crippen LogP contribution in [0.2, 0.25) is 0 Å². The highest BCUT2D eigenvalue weighted by Gasteiger charge is 2.10. The Balaban J connectivity index is 1.85. The predicted molar refractivity (Wildman–Crippen MR) is 85.5 cm³/mol. The molecule has 0 aliphatic rings. The van der Waals surface area contributed by atoms with Crippen LogP contribution in [0.5, 0.6) is 0 Å². The third-order valence-corrected chi connectivity index (χ3v) is 3.04. The summed E-state index contributed by atoms with van der Waals surface area (Å²) >= 11 is 0. The van der Waals surface area contributed by atoms with Gasteiger partial charge in [0.05, 0.1) is 12.0 Å². The Hall–Kier alpha value is -3.25. The van der Waals surface area contributed by atoms with Crippen LogP contribution in [0.1, 0.15) is 21.7 Å². The molecule has 0 fully saturated rings. The molecular formula is C19H13NO2. The molecule has 3 aromatic rings. The quantitative estimate of drug-likeness (QED) is 0.726. The second kappa shape index (κ2) is 6.47. The van der Waals surface area contributed by atoms with E-state index in [-0.39, 0.29) is 11.7 Å². The average Bonchev–Trinajstić information content (AvgIpc) is 3.10. The Morgan fingerprint density at radius 1 is 0.864 bits per heavy atom. The summed E-state index contributed by atoms with van der Waals surface area (Å²) in [7, 11) is 0. The lowest BCUT2D eigenvalue weighted by atomic mass is 10.1. The summed E-state index contributed by atoms with van der Waals surface area (Å²) in [5.74, 6) is 6.15. The van der Waals surface area contributed by atoms with Crippen molar-refractivity contribution < 1.29 is 9.21 Å². The average molecular weight is 287 g/mol. The lowest BCUT2D eigenvalue weighted by molar-refractivity contribution is 0.0996. The van der Waals surface area contributed by atoms with Crippen LogP contribution in [0.25, 0.3) is 0 Å². The van der Waals surface area contributed by atoms with Crippen molar-refractivity contribution >= 4 is 11.6 Å². The zero-order valence-electron chi connectivity index (χ0n) is 11.7. The first-order valence-electron chi connectivity index (χ1n) is 6.84. The third kappa shape index (κ3) is 3.25. The first-order valence-corrected chi connectivity index (χ1v) is 6.84. The first kappa shape index (κ1) is 13.7. The van der Waals surface area contributed by atoms with Crippen molar-refractivity contribution in [2.75, 3.05) is 5.32 Å². The predicted octanol–water partition coefficient (Wildman–Crippen LogP) is 3.93. The van der Waals surface area contributed by atoms with Gasteiger partial charge in [0.1, 0.15) is 0 Å². The molecule has 0 atom stereocenters. The van der Waals surface area contributed by atoms with Gasteiger partial charge < -0.3 is 9.73 Å². The summed E-state index contributed by atoms with van der Waals surface area (Å²) in [6.07, 6.45) is 1.47. The Morgan fingerprint density at radius 3 is 2.41 bits per heavy atom. The van der Waals surface area contributed by atoms with Gasteiger partial charge in [-0.2, -0.15) is 0 Å². The number of benzene rings is 2. The van der Waals surface area contributed by atoms with Gasteiger partial charge in [0.2, 0.25) is 0 Å². The van der Waals surface area contributed by atoms with Crippen LogP contribution in [-0.4, -0.2) is 5.91 Å². The summed E-state index contributed by atoms with van der Waals surface area (Å²) < 4.78 is 5.09. The fourth-order valence-electron chi connectivity index (χ4n) is 1.95. The number of carbonyl (C=O) groups is 1. The fraction of sp³-hybridized carbons (Fsp3) is 0. The highest BCUT2D eigenvalue weighted by Crippen LogP contribution is 2.15. The molecule has 106 valence electrons. The Kier molecular flexibility index (Phi) is 4.03. The summed E-state index contributed by atoms with van der Waals surface area (Å²) in [6.45, 7) is 0. The van der Waals surface area contributed by atoms with Gasteiger partial charge in [-0.25, -0.2) is 0 Å². The molecule has 0 aliphatic heterocycles. The van der Waals surface area contributed by atoms with Crippen LogP contribution >= 0.6 is 0 Å². The molecule has 0 bridgehead atoms. The summed E-state index contributed by atoms with van der Waals surface area (Å²) in [5.41, 5.74) is 2.34. The van der Waals surface area contributed by atoms with Gasteiger partial charge in [0, 0.05) is 11.1 Å². The molecule has 2 aromatic carbocycles. The highest BCUT2D eigenvalue weighted by atomic mass is 16.3. The van der Waals surface area contributed by atoms with Gasteiger partial charge in [0.15, 0.2) is 5.76 Å². The van der Waals surface area contributed by atoms with E-state index in [0.29, 0.717) is 5.69 Å². The van der Waals surface area contributed by atoms with Gasteiger partial charge in [0.25, 0.3) is 5.91 Å². The molecule has 0 aliphatic carbocycles. The molecule has 1 amide bonds. The van der Waals surface area contributed by atoms with E-state index in [4.69, 9.17) is 4.42 Å². The van der Waals surface area contributed by atoms with Crippen LogP contribution < -0.4 is 5.32 Å². The summed E-state index contributed by atoms with van der Waals surface area (Å²) in [5, 5.41) is 2.81. The fourth-order valence-corrected chi connectivity index (χ4v) is 1.95. The van der Waals surface area contributed by atoms with Crippen LogP contribution in [0.3, 0.4) is 0 Å². The van der Waals surface area contributed by atoms with E-state index in [9.17, 15) is 4.79 Å². The van der Waals surface area contributed by atoms with Gasteiger partial charge >= 0.3 is 0 Å². The van der Waals surface area contributed by atoms with Crippen molar-refractivity contribution in [2.45, 2.75) is 0 Å². The monoisotopic (exact) mass is 287 g/mol. The van der Waals surface area contributed by atoms with Crippen molar-refractivity contribution in [3.63, 3.8) is 0 Å². The van der Waals surface area contributed by atoms with Crippen LogP contribution in [0.15, 0.2) is 77.4 Å². The summed E-state index contributed by atoms with van der Waals surface area (Å²) in [4.78, 5) is 12.0. The number of para-hydroxylation sites is 1. The normalized spacial score (nSPS) is 9.64. The number of hydrogen-bond donors (Lipinski definition) is 1. The zero-order chi connectivity index (χ0) is 15.2. The Bertz CT molecular complexity index is 825. The topological polar surface area (TPSA) is 42.2 Å². The highest BCUT2D eigenvalue weighted by molar-refractivity contribution is 6.02. The van der Waals surface area contributed by atoms with Gasteiger partial charge in [-0.15, -0.1) is 0 Å². The van der Waals surface area contributed by atoms with E-state index in [1.807, 2.05) is 54.6 Å². The number of rotatable bonds is 2. The van der Waals surface area contributed by atoms with Gasteiger partial charge in [-0.3, -0.25) is 4.79 Å². The largest absolute Gasteiger partial charge is 0.459 e. The molecule has 1 heterocycles. The second-order valence-corrected chi connectivity index (χ2v) is 4.59. The number of anilines is 1. The standard InChI is InChI=1S/C19H13NO2/c21-19(18-11-6-14-22-18)20-17-10-5-4-9-16(17)13-12-15-7-2-1-3-8-15/h1-11,14H,(H,20,21). The molecular weight excluding hydrogens is 274 g/mol. The molecule has 0 spiro atoms. The maximum atomic E-state index is 12.0. The van der Waals surface area contributed by atoms with Crippen molar-refractivity contribution in [1.82, 2.24) is 0 Å². The lowest BCUT2D eigenvalue weighted by Gasteiger charge is -2.05. The molecule has 22 heavy (non-hydrogen) atoms. The van der Waals surface area contributed by atoms with Crippen molar-refractivity contribution in [1.29, 1.82) is 0 Å². The molecule has 3 nitrogen and oxygen atoms in total. The van der Waals surface area contributed by atoms with Crippen molar-refractivity contribution in [3.8, 4) is 11.8 Å². The van der Waals surface area contributed by atoms with E-state index in [1.165, 1.54) is 6.26 Å². The molecule has 3 rings (SSSR count). The second-order valence-electron chi connectivity index (χ2n) is 4.59. The molecule has 1 N–H and O–H groups in total. The van der Waals surface area contributed by atoms with Gasteiger partial charge in [-0.05, 0) is 36.4 Å². The van der Waals surface area contributed by atoms with Crippen molar-refractivity contribution in [2.24, 2.45) is 0 Å². The Morgan fingerprint density at radius 2 is 1.64 bits per heavy atom. The minimum absolute atomic E-state index is 0.269. The van der Waals surface area contributed by atoms with E-state index in [2.05, 4.69) is 17.2 Å². The van der Waals surface area contributed by atoms with E-state index >= 15 is 0 Å². The van der Waals surface area contributed by atoms with Crippen LogP contribution in [0.4, 0.5) is 5.69 Å². The van der Waals surface area contributed by atoms with E-state index in [1.54, 1.807) is 12.1 Å². The van der Waals surface area contributed by atoms with Gasteiger partial charge in [-0.1, -0.05) is 42.2 Å². The van der Waals surface area contributed by atoms with E-state index < -0.39 is 0 Å². The van der Waals surface area contributed by atoms with E-state index in [0.717, 1.165) is 11.1 Å². The number of furan rings is 1. The minimum atomic E-state index is -0.293. The molecule has 0 unspecified atom stereocenters. The summed E-state index contributed by atoms with van der Waals surface area (Å²) in [6, 6.07) is 20.4. The maximum absolute atomic E-state index is 12.0. The molecule has 0 saturated heterocycles.